The molecule has 0 spiro atoms. The van der Waals surface area contributed by atoms with E-state index in [0.29, 0.717) is 0 Å². The maximum Gasteiger partial charge on any atom is 0.315 e. The zero-order valence-electron chi connectivity index (χ0n) is 11.8. The van der Waals surface area contributed by atoms with Crippen LogP contribution in [0.25, 0.3) is 0 Å². The molecule has 116 valence electrons. The van der Waals surface area contributed by atoms with Crippen LogP contribution in [-0.2, 0) is 9.59 Å². The molecule has 3 aliphatic carbocycles. The fraction of sp³-hybridized carbons (Fsp3) is 0.786. The summed E-state index contributed by atoms with van der Waals surface area (Å²) in [6.07, 6.45) is 4.80. The van der Waals surface area contributed by atoms with E-state index in [4.69, 9.17) is 0 Å². The van der Waals surface area contributed by atoms with Crippen molar-refractivity contribution in [3.8, 4) is 0 Å². The van der Waals surface area contributed by atoms with Gasteiger partial charge in [0.05, 0.1) is 12.5 Å². The first-order valence-corrected chi connectivity index (χ1v) is 7.61. The van der Waals surface area contributed by atoms with E-state index in [-0.39, 0.29) is 36.4 Å². The fourth-order valence-electron chi connectivity index (χ4n) is 3.72. The molecule has 0 aromatic heterocycles. The molecule has 0 aromatic carbocycles. The zero-order chi connectivity index (χ0) is 15.0. The van der Waals surface area contributed by atoms with Gasteiger partial charge in [0.25, 0.3) is 0 Å². The Morgan fingerprint density at radius 3 is 2.38 bits per heavy atom. The molecule has 0 radical (unpaired) electrons. The Labute approximate surface area is 122 Å². The van der Waals surface area contributed by atoms with Crippen molar-refractivity contribution in [2.75, 3.05) is 6.54 Å². The Kier molecular flexibility index (Phi) is 3.73. The van der Waals surface area contributed by atoms with Crippen LogP contribution in [0.4, 0.5) is 4.79 Å². The number of amides is 3. The van der Waals surface area contributed by atoms with E-state index in [0.717, 1.165) is 32.1 Å². The monoisotopic (exact) mass is 295 g/mol. The second kappa shape index (κ2) is 5.54. The Hall–Kier alpha value is -1.79. The van der Waals surface area contributed by atoms with Gasteiger partial charge in [-0.15, -0.1) is 0 Å². The van der Waals surface area contributed by atoms with Crippen LogP contribution in [0, 0.1) is 17.8 Å². The smallest absolute Gasteiger partial charge is 0.315 e. The molecule has 7 heteroatoms. The maximum absolute atomic E-state index is 11.9. The summed E-state index contributed by atoms with van der Waals surface area (Å²) >= 11 is 0. The number of rotatable bonds is 5. The highest BCUT2D eigenvalue weighted by atomic mass is 16.4. The van der Waals surface area contributed by atoms with Crippen LogP contribution in [0.3, 0.4) is 0 Å². The minimum Gasteiger partial charge on any atom is -0.481 e. The van der Waals surface area contributed by atoms with Crippen LogP contribution in [-0.4, -0.2) is 41.6 Å². The summed E-state index contributed by atoms with van der Waals surface area (Å²) in [6, 6.07) is -0.498. The number of carboxylic acid groups (broad SMARTS) is 1. The second-order valence-electron chi connectivity index (χ2n) is 6.39. The molecule has 3 fully saturated rings. The predicted molar refractivity (Wildman–Crippen MR) is 73.4 cm³/mol. The molecule has 7 nitrogen and oxygen atoms in total. The van der Waals surface area contributed by atoms with Crippen molar-refractivity contribution in [1.82, 2.24) is 16.0 Å². The van der Waals surface area contributed by atoms with Crippen molar-refractivity contribution < 1.29 is 19.5 Å². The predicted octanol–water partition coefficient (Wildman–Crippen LogP) is 0.0635. The molecule has 3 aliphatic rings. The third kappa shape index (κ3) is 3.11. The van der Waals surface area contributed by atoms with E-state index in [9.17, 15) is 19.5 Å². The molecule has 0 aliphatic heterocycles. The van der Waals surface area contributed by atoms with Gasteiger partial charge in [-0.1, -0.05) is 0 Å². The summed E-state index contributed by atoms with van der Waals surface area (Å²) < 4.78 is 0. The molecule has 4 N–H and O–H groups in total. The van der Waals surface area contributed by atoms with E-state index in [2.05, 4.69) is 16.0 Å². The molecular formula is C14H21N3O4. The SMILES string of the molecule is O=C(CNC(=O)NC1C2CCC(C2)C1C(=O)O)NC1CC1. The minimum atomic E-state index is -0.834. The number of nitrogens with one attached hydrogen (secondary N) is 3. The van der Waals surface area contributed by atoms with Crippen molar-refractivity contribution in [3.05, 3.63) is 0 Å². The lowest BCUT2D eigenvalue weighted by molar-refractivity contribution is -0.144. The van der Waals surface area contributed by atoms with Crippen LogP contribution >= 0.6 is 0 Å². The first kappa shape index (κ1) is 14.2. The molecule has 21 heavy (non-hydrogen) atoms. The quantitative estimate of drug-likeness (QED) is 0.575. The van der Waals surface area contributed by atoms with Crippen molar-refractivity contribution in [1.29, 1.82) is 0 Å². The van der Waals surface area contributed by atoms with Gasteiger partial charge in [-0.2, -0.15) is 0 Å². The number of carboxylic acids is 1. The lowest BCUT2D eigenvalue weighted by atomic mass is 9.84. The van der Waals surface area contributed by atoms with E-state index in [1.165, 1.54) is 0 Å². The fourth-order valence-corrected chi connectivity index (χ4v) is 3.72. The zero-order valence-corrected chi connectivity index (χ0v) is 11.8. The molecule has 0 aromatic rings. The number of urea groups is 1. The van der Waals surface area contributed by atoms with Gasteiger partial charge >= 0.3 is 12.0 Å². The molecule has 3 amide bonds. The van der Waals surface area contributed by atoms with Gasteiger partial charge in [-0.3, -0.25) is 9.59 Å². The highest BCUT2D eigenvalue weighted by Gasteiger charge is 2.51. The Balaban J connectivity index is 1.47. The molecule has 4 unspecified atom stereocenters. The summed E-state index contributed by atoms with van der Waals surface area (Å²) in [5.74, 6) is -1.10. The lowest BCUT2D eigenvalue weighted by Crippen LogP contribution is -2.51. The second-order valence-corrected chi connectivity index (χ2v) is 6.39. The number of hydrogen-bond acceptors (Lipinski definition) is 3. The molecule has 0 saturated heterocycles. The highest BCUT2D eigenvalue weighted by molar-refractivity contribution is 5.84. The topological polar surface area (TPSA) is 108 Å². The third-order valence-corrected chi connectivity index (χ3v) is 4.85. The van der Waals surface area contributed by atoms with Crippen LogP contribution in [0.2, 0.25) is 0 Å². The number of hydrogen-bond donors (Lipinski definition) is 4. The van der Waals surface area contributed by atoms with Gasteiger partial charge in [0.2, 0.25) is 5.91 Å². The van der Waals surface area contributed by atoms with Crippen molar-refractivity contribution in [3.63, 3.8) is 0 Å². The van der Waals surface area contributed by atoms with Gasteiger partial charge in [-0.05, 0) is 43.9 Å². The normalized spacial score (nSPS) is 33.5. The number of carbonyl (C=O) groups excluding carboxylic acids is 2. The Bertz CT molecular complexity index is 463. The van der Waals surface area contributed by atoms with Crippen LogP contribution < -0.4 is 16.0 Å². The summed E-state index contributed by atoms with van der Waals surface area (Å²) in [7, 11) is 0. The van der Waals surface area contributed by atoms with Gasteiger partial charge < -0.3 is 21.1 Å². The molecule has 3 saturated carbocycles. The van der Waals surface area contributed by atoms with E-state index in [1.807, 2.05) is 0 Å². The third-order valence-electron chi connectivity index (χ3n) is 4.85. The average Bonchev–Trinajstić information content (AvgIpc) is 3.00. The van der Waals surface area contributed by atoms with Gasteiger partial charge in [0.15, 0.2) is 0 Å². The van der Waals surface area contributed by atoms with Crippen molar-refractivity contribution >= 4 is 17.9 Å². The molecule has 0 heterocycles. The standard InChI is InChI=1S/C14H21N3O4/c18-10(16-9-3-4-9)6-15-14(21)17-12-8-2-1-7(5-8)11(12)13(19)20/h7-9,11-12H,1-6H2,(H,16,18)(H,19,20)(H2,15,17,21). The summed E-state index contributed by atoms with van der Waals surface area (Å²) in [5.41, 5.74) is 0. The molecular weight excluding hydrogens is 274 g/mol. The Morgan fingerprint density at radius 2 is 1.71 bits per heavy atom. The number of fused-ring (bicyclic) bond motifs is 2. The molecule has 3 rings (SSSR count). The molecule has 4 atom stereocenters. The van der Waals surface area contributed by atoms with E-state index < -0.39 is 17.9 Å². The van der Waals surface area contributed by atoms with Crippen LogP contribution in [0.1, 0.15) is 32.1 Å². The molecule has 2 bridgehead atoms. The van der Waals surface area contributed by atoms with E-state index >= 15 is 0 Å². The largest absolute Gasteiger partial charge is 0.481 e. The first-order chi connectivity index (χ1) is 10.0. The summed E-state index contributed by atoms with van der Waals surface area (Å²) in [5, 5.41) is 17.3. The van der Waals surface area contributed by atoms with Gasteiger partial charge in [0.1, 0.15) is 0 Å². The van der Waals surface area contributed by atoms with Crippen molar-refractivity contribution in [2.45, 2.75) is 44.2 Å². The highest BCUT2D eigenvalue weighted by Crippen LogP contribution is 2.48. The first-order valence-electron chi connectivity index (χ1n) is 7.61. The Morgan fingerprint density at radius 1 is 1.00 bits per heavy atom. The van der Waals surface area contributed by atoms with Crippen molar-refractivity contribution in [2.24, 2.45) is 17.8 Å². The van der Waals surface area contributed by atoms with E-state index in [1.54, 1.807) is 0 Å². The van der Waals surface area contributed by atoms with Gasteiger partial charge in [-0.25, -0.2) is 4.79 Å². The average molecular weight is 295 g/mol. The van der Waals surface area contributed by atoms with Crippen LogP contribution in [0.15, 0.2) is 0 Å². The van der Waals surface area contributed by atoms with Gasteiger partial charge in [0, 0.05) is 12.1 Å². The summed E-state index contributed by atoms with van der Waals surface area (Å²) in [6.45, 7) is -0.0686. The minimum absolute atomic E-state index is 0.0686. The maximum atomic E-state index is 11.9. The summed E-state index contributed by atoms with van der Waals surface area (Å²) in [4.78, 5) is 34.7. The lowest BCUT2D eigenvalue weighted by Gasteiger charge is -2.28. The number of aliphatic carboxylic acids is 1. The number of carbonyl (C=O) groups is 3. The van der Waals surface area contributed by atoms with Crippen LogP contribution in [0.5, 0.6) is 0 Å².